The fourth-order valence-electron chi connectivity index (χ4n) is 2.44. The van der Waals surface area contributed by atoms with E-state index < -0.39 is 11.9 Å². The highest BCUT2D eigenvalue weighted by Gasteiger charge is 2.16. The van der Waals surface area contributed by atoms with Crippen LogP contribution in [-0.4, -0.2) is 30.1 Å². The van der Waals surface area contributed by atoms with Gasteiger partial charge in [0.2, 0.25) is 0 Å². The molecule has 0 heterocycles. The SMILES string of the molecule is CCN(CC)c1cccc(NC(=O)c2ccccc2C(=O)O)c1. The topological polar surface area (TPSA) is 69.6 Å². The third-order valence-corrected chi connectivity index (χ3v) is 3.63. The van der Waals surface area contributed by atoms with Crippen LogP contribution < -0.4 is 10.2 Å². The van der Waals surface area contributed by atoms with Crippen LogP contribution in [0, 0.1) is 0 Å². The van der Waals surface area contributed by atoms with Gasteiger partial charge in [0.25, 0.3) is 5.91 Å². The summed E-state index contributed by atoms with van der Waals surface area (Å²) in [5.74, 6) is -1.55. The molecule has 0 aliphatic heterocycles. The number of amides is 1. The molecular formula is C18H20N2O3. The number of carbonyl (C=O) groups excluding carboxylic acids is 1. The van der Waals surface area contributed by atoms with Crippen molar-refractivity contribution in [3.8, 4) is 0 Å². The normalized spacial score (nSPS) is 10.2. The van der Waals surface area contributed by atoms with E-state index in [-0.39, 0.29) is 11.1 Å². The Labute approximate surface area is 135 Å². The van der Waals surface area contributed by atoms with Gasteiger partial charge in [0, 0.05) is 24.5 Å². The molecule has 0 unspecified atom stereocenters. The van der Waals surface area contributed by atoms with Crippen LogP contribution in [0.25, 0.3) is 0 Å². The van der Waals surface area contributed by atoms with Crippen molar-refractivity contribution in [2.75, 3.05) is 23.3 Å². The molecule has 2 aromatic rings. The molecule has 2 N–H and O–H groups in total. The zero-order valence-electron chi connectivity index (χ0n) is 13.2. The van der Waals surface area contributed by atoms with Gasteiger partial charge in [0.15, 0.2) is 0 Å². The number of hydrogen-bond acceptors (Lipinski definition) is 3. The van der Waals surface area contributed by atoms with Gasteiger partial charge in [-0.05, 0) is 44.2 Å². The Bertz CT molecular complexity index is 709. The number of carbonyl (C=O) groups is 2. The number of anilines is 2. The Morgan fingerprint density at radius 3 is 2.26 bits per heavy atom. The average Bonchev–Trinajstić information content (AvgIpc) is 2.56. The molecule has 0 spiro atoms. The third-order valence-electron chi connectivity index (χ3n) is 3.63. The molecule has 0 saturated carbocycles. The lowest BCUT2D eigenvalue weighted by molar-refractivity contribution is 0.0692. The molecule has 0 atom stereocenters. The standard InChI is InChI=1S/C18H20N2O3/c1-3-20(4-2)14-9-7-8-13(12-14)19-17(21)15-10-5-6-11-16(15)18(22)23/h5-12H,3-4H2,1-2H3,(H,19,21)(H,22,23). The lowest BCUT2D eigenvalue weighted by Gasteiger charge is -2.21. The van der Waals surface area contributed by atoms with E-state index in [2.05, 4.69) is 24.1 Å². The Morgan fingerprint density at radius 2 is 1.65 bits per heavy atom. The summed E-state index contributed by atoms with van der Waals surface area (Å²) in [6.45, 7) is 5.88. The van der Waals surface area contributed by atoms with Crippen LogP contribution in [0.5, 0.6) is 0 Å². The second-order valence-corrected chi connectivity index (χ2v) is 5.03. The summed E-state index contributed by atoms with van der Waals surface area (Å²) in [6, 6.07) is 13.7. The molecule has 2 aromatic carbocycles. The number of aromatic carboxylic acids is 1. The first-order chi connectivity index (χ1) is 11.1. The molecule has 120 valence electrons. The van der Waals surface area contributed by atoms with E-state index in [1.54, 1.807) is 18.2 Å². The van der Waals surface area contributed by atoms with Gasteiger partial charge in [-0.25, -0.2) is 4.79 Å². The first-order valence-corrected chi connectivity index (χ1v) is 7.55. The Balaban J connectivity index is 2.24. The summed E-state index contributed by atoms with van der Waals surface area (Å²) in [7, 11) is 0. The van der Waals surface area contributed by atoms with Crippen LogP contribution in [0.3, 0.4) is 0 Å². The summed E-state index contributed by atoms with van der Waals surface area (Å²) in [6.07, 6.45) is 0. The lowest BCUT2D eigenvalue weighted by atomic mass is 10.1. The molecule has 0 aromatic heterocycles. The highest BCUT2D eigenvalue weighted by Crippen LogP contribution is 2.20. The van der Waals surface area contributed by atoms with Gasteiger partial charge in [0.05, 0.1) is 11.1 Å². The van der Waals surface area contributed by atoms with Gasteiger partial charge < -0.3 is 15.3 Å². The highest BCUT2D eigenvalue weighted by molar-refractivity contribution is 6.10. The van der Waals surface area contributed by atoms with Crippen LogP contribution >= 0.6 is 0 Å². The van der Waals surface area contributed by atoms with Gasteiger partial charge in [-0.15, -0.1) is 0 Å². The predicted octanol–water partition coefficient (Wildman–Crippen LogP) is 3.48. The van der Waals surface area contributed by atoms with Crippen molar-refractivity contribution in [1.82, 2.24) is 0 Å². The van der Waals surface area contributed by atoms with E-state index in [9.17, 15) is 14.7 Å². The van der Waals surface area contributed by atoms with E-state index in [1.807, 2.05) is 18.2 Å². The van der Waals surface area contributed by atoms with Gasteiger partial charge in [-0.3, -0.25) is 4.79 Å². The van der Waals surface area contributed by atoms with Crippen molar-refractivity contribution < 1.29 is 14.7 Å². The first kappa shape index (κ1) is 16.5. The number of benzene rings is 2. The number of nitrogens with zero attached hydrogens (tertiary/aromatic N) is 1. The minimum absolute atomic E-state index is 0.00935. The first-order valence-electron chi connectivity index (χ1n) is 7.55. The van der Waals surface area contributed by atoms with Gasteiger partial charge in [0.1, 0.15) is 0 Å². The van der Waals surface area contributed by atoms with Crippen LogP contribution in [0.4, 0.5) is 11.4 Å². The zero-order valence-corrected chi connectivity index (χ0v) is 13.2. The molecule has 0 fully saturated rings. The smallest absolute Gasteiger partial charge is 0.336 e. The van der Waals surface area contributed by atoms with Crippen molar-refractivity contribution in [3.05, 3.63) is 59.7 Å². The number of nitrogens with one attached hydrogen (secondary N) is 1. The molecule has 5 heteroatoms. The van der Waals surface area contributed by atoms with Crippen molar-refractivity contribution in [2.24, 2.45) is 0 Å². The minimum Gasteiger partial charge on any atom is -0.478 e. The van der Waals surface area contributed by atoms with Crippen LogP contribution in [0.1, 0.15) is 34.6 Å². The summed E-state index contributed by atoms with van der Waals surface area (Å²) in [5.41, 5.74) is 1.79. The number of hydrogen-bond donors (Lipinski definition) is 2. The highest BCUT2D eigenvalue weighted by atomic mass is 16.4. The summed E-state index contributed by atoms with van der Waals surface area (Å²) in [5, 5.41) is 11.9. The van der Waals surface area contributed by atoms with Crippen molar-refractivity contribution in [3.63, 3.8) is 0 Å². The Kier molecular flexibility index (Phi) is 5.36. The quantitative estimate of drug-likeness (QED) is 0.856. The number of rotatable bonds is 6. The lowest BCUT2D eigenvalue weighted by Crippen LogP contribution is -2.22. The second kappa shape index (κ2) is 7.45. The summed E-state index contributed by atoms with van der Waals surface area (Å²) >= 11 is 0. The van der Waals surface area contributed by atoms with Crippen molar-refractivity contribution in [2.45, 2.75) is 13.8 Å². The van der Waals surface area contributed by atoms with Crippen LogP contribution in [0.2, 0.25) is 0 Å². The molecule has 0 saturated heterocycles. The third kappa shape index (κ3) is 3.88. The largest absolute Gasteiger partial charge is 0.478 e. The Morgan fingerprint density at radius 1 is 1.00 bits per heavy atom. The maximum absolute atomic E-state index is 12.4. The van der Waals surface area contributed by atoms with Crippen LogP contribution in [0.15, 0.2) is 48.5 Å². The minimum atomic E-state index is -1.12. The molecule has 0 radical (unpaired) electrons. The van der Waals surface area contributed by atoms with Crippen LogP contribution in [-0.2, 0) is 0 Å². The molecule has 0 aliphatic rings. The van der Waals surface area contributed by atoms with Gasteiger partial charge in [-0.1, -0.05) is 18.2 Å². The van der Waals surface area contributed by atoms with Crippen molar-refractivity contribution >= 4 is 23.3 Å². The fraction of sp³-hybridized carbons (Fsp3) is 0.222. The van der Waals surface area contributed by atoms with E-state index in [1.165, 1.54) is 12.1 Å². The number of carboxylic acid groups (broad SMARTS) is 1. The molecular weight excluding hydrogens is 292 g/mol. The molecule has 23 heavy (non-hydrogen) atoms. The van der Waals surface area contributed by atoms with Gasteiger partial charge >= 0.3 is 5.97 Å². The van der Waals surface area contributed by atoms with E-state index >= 15 is 0 Å². The van der Waals surface area contributed by atoms with E-state index in [0.717, 1.165) is 18.8 Å². The van der Waals surface area contributed by atoms with E-state index in [4.69, 9.17) is 0 Å². The molecule has 5 nitrogen and oxygen atoms in total. The maximum atomic E-state index is 12.4. The average molecular weight is 312 g/mol. The van der Waals surface area contributed by atoms with Crippen molar-refractivity contribution in [1.29, 1.82) is 0 Å². The molecule has 0 bridgehead atoms. The molecule has 2 rings (SSSR count). The van der Waals surface area contributed by atoms with E-state index in [0.29, 0.717) is 5.69 Å². The number of carboxylic acids is 1. The maximum Gasteiger partial charge on any atom is 0.336 e. The van der Waals surface area contributed by atoms with Gasteiger partial charge in [-0.2, -0.15) is 0 Å². The Hall–Kier alpha value is -2.82. The molecule has 1 amide bonds. The monoisotopic (exact) mass is 312 g/mol. The predicted molar refractivity (Wildman–Crippen MR) is 91.4 cm³/mol. The zero-order chi connectivity index (χ0) is 16.8. The summed E-state index contributed by atoms with van der Waals surface area (Å²) < 4.78 is 0. The fourth-order valence-corrected chi connectivity index (χ4v) is 2.44. The second-order valence-electron chi connectivity index (χ2n) is 5.03. The summed E-state index contributed by atoms with van der Waals surface area (Å²) in [4.78, 5) is 25.8. The molecule has 0 aliphatic carbocycles.